The summed E-state index contributed by atoms with van der Waals surface area (Å²) in [6.07, 6.45) is 20.3. The van der Waals surface area contributed by atoms with Gasteiger partial charge < -0.3 is 4.98 Å². The number of aromatic amines is 2. The Labute approximate surface area is 223 Å². The van der Waals surface area contributed by atoms with Crippen LogP contribution in [0.4, 0.5) is 0 Å². The average Bonchev–Trinajstić information content (AvgIpc) is 3.71. The summed E-state index contributed by atoms with van der Waals surface area (Å²) in [5, 5.41) is 10.9. The number of fused-ring (bicyclic) bond motifs is 1. The summed E-state index contributed by atoms with van der Waals surface area (Å²) in [7, 11) is 0. The number of likely N-dealkylation sites (tertiary alicyclic amines) is 1. The van der Waals surface area contributed by atoms with Crippen molar-refractivity contribution >= 4 is 23.1 Å². The van der Waals surface area contributed by atoms with Gasteiger partial charge in [-0.1, -0.05) is 43.5 Å². The Bertz CT molecular complexity index is 1640. The highest BCUT2D eigenvalue weighted by atomic mass is 15.1. The van der Waals surface area contributed by atoms with Gasteiger partial charge in [0, 0.05) is 46.9 Å². The van der Waals surface area contributed by atoms with Gasteiger partial charge in [0.15, 0.2) is 0 Å². The highest BCUT2D eigenvalue weighted by Gasteiger charge is 2.14. The summed E-state index contributed by atoms with van der Waals surface area (Å²) in [5.41, 5.74) is 7.97. The van der Waals surface area contributed by atoms with Crippen LogP contribution in [0.1, 0.15) is 26.7 Å². The molecule has 0 aliphatic carbocycles. The first kappa shape index (κ1) is 25.4. The number of aromatic nitrogens is 5. The molecule has 0 spiro atoms. The average molecular weight is 503 g/mol. The molecule has 6 heteroatoms. The second-order valence-electron chi connectivity index (χ2n) is 9.58. The third-order valence-electron chi connectivity index (χ3n) is 7.10. The van der Waals surface area contributed by atoms with E-state index < -0.39 is 0 Å². The van der Waals surface area contributed by atoms with Crippen LogP contribution in [0.5, 0.6) is 0 Å². The lowest BCUT2D eigenvalue weighted by molar-refractivity contribution is 0.371. The van der Waals surface area contributed by atoms with Crippen LogP contribution in [0.2, 0.25) is 0 Å². The molecule has 1 saturated heterocycles. The largest absolute Gasteiger partial charge is 0.352 e. The minimum absolute atomic E-state index is 0.841. The highest BCUT2D eigenvalue weighted by Crippen LogP contribution is 2.30. The minimum Gasteiger partial charge on any atom is -0.352 e. The van der Waals surface area contributed by atoms with Crippen LogP contribution >= 0.6 is 0 Å². The monoisotopic (exact) mass is 502 g/mol. The maximum absolute atomic E-state index is 4.69. The zero-order chi connectivity index (χ0) is 26.5. The first-order valence-corrected chi connectivity index (χ1v) is 13.1. The Hall–Kier alpha value is -4.29. The van der Waals surface area contributed by atoms with E-state index in [4.69, 9.17) is 0 Å². The van der Waals surface area contributed by atoms with Gasteiger partial charge in [-0.05, 0) is 74.7 Å². The quantitative estimate of drug-likeness (QED) is 0.321. The van der Waals surface area contributed by atoms with E-state index in [1.54, 1.807) is 6.20 Å². The van der Waals surface area contributed by atoms with Crippen molar-refractivity contribution in [2.24, 2.45) is 0 Å². The van der Waals surface area contributed by atoms with Gasteiger partial charge in [0.1, 0.15) is 5.69 Å². The molecule has 1 fully saturated rings. The number of nitrogens with zero attached hydrogens (tertiary/aromatic N) is 4. The molecule has 38 heavy (non-hydrogen) atoms. The number of hydrogen-bond acceptors (Lipinski definition) is 4. The van der Waals surface area contributed by atoms with Crippen molar-refractivity contribution in [3.63, 3.8) is 0 Å². The van der Waals surface area contributed by atoms with Gasteiger partial charge >= 0.3 is 0 Å². The number of allylic oxidation sites excluding steroid dienone is 4. The van der Waals surface area contributed by atoms with E-state index >= 15 is 0 Å². The molecule has 5 rings (SSSR count). The highest BCUT2D eigenvalue weighted by molar-refractivity contribution is 5.97. The zero-order valence-electron chi connectivity index (χ0n) is 22.2. The summed E-state index contributed by atoms with van der Waals surface area (Å²) in [5.74, 6) is 0. The van der Waals surface area contributed by atoms with Gasteiger partial charge in [-0.15, -0.1) is 0 Å². The summed E-state index contributed by atoms with van der Waals surface area (Å²) in [6, 6.07) is 6.12. The fourth-order valence-electron chi connectivity index (χ4n) is 5.05. The molecule has 0 unspecified atom stereocenters. The van der Waals surface area contributed by atoms with Gasteiger partial charge in [0.05, 0.1) is 22.8 Å². The smallest absolute Gasteiger partial charge is 0.116 e. The first-order chi connectivity index (χ1) is 18.6. The standard InChI is InChI=1S/C32H34N6/c1-5-23(21-38-13-8-9-14-38)16-24(6-2)22(4)15-27-29(7-3)36-37-32(27)30-17-26-28(19-34-20-31(26)35-30)25-11-10-12-33-18-25/h5-7,10-12,15-20,35-36H,1,4,8-9,13-14,21H2,2-3H3/b23-16+,24-6+,27-15+,29-7+. The van der Waals surface area contributed by atoms with E-state index in [0.29, 0.717) is 0 Å². The van der Waals surface area contributed by atoms with E-state index in [2.05, 4.69) is 74.4 Å². The fraction of sp³-hybridized carbons (Fsp3) is 0.219. The van der Waals surface area contributed by atoms with Crippen molar-refractivity contribution in [3.8, 4) is 22.5 Å². The van der Waals surface area contributed by atoms with Crippen molar-refractivity contribution in [1.29, 1.82) is 0 Å². The normalized spacial score (nSPS) is 16.1. The predicted octanol–water partition coefficient (Wildman–Crippen LogP) is 5.31. The van der Waals surface area contributed by atoms with E-state index in [1.807, 2.05) is 49.8 Å². The molecule has 2 N–H and O–H groups in total. The second kappa shape index (κ2) is 11.4. The second-order valence-corrected chi connectivity index (χ2v) is 9.58. The third-order valence-corrected chi connectivity index (χ3v) is 7.10. The van der Waals surface area contributed by atoms with Crippen molar-refractivity contribution in [3.05, 3.63) is 102 Å². The number of hydrogen-bond donors (Lipinski definition) is 2. The Kier molecular flexibility index (Phi) is 7.61. The van der Waals surface area contributed by atoms with Gasteiger partial charge in [-0.2, -0.15) is 5.10 Å². The van der Waals surface area contributed by atoms with Gasteiger partial charge in [-0.3, -0.25) is 20.0 Å². The molecule has 0 aromatic carbocycles. The summed E-state index contributed by atoms with van der Waals surface area (Å²) in [6.45, 7) is 15.8. The van der Waals surface area contributed by atoms with Crippen LogP contribution in [0.15, 0.2) is 91.1 Å². The molecule has 1 aliphatic heterocycles. The summed E-state index contributed by atoms with van der Waals surface area (Å²) >= 11 is 0. The van der Waals surface area contributed by atoms with Gasteiger partial charge in [0.25, 0.3) is 0 Å². The first-order valence-electron chi connectivity index (χ1n) is 13.1. The van der Waals surface area contributed by atoms with Crippen LogP contribution in [0.3, 0.4) is 0 Å². The molecule has 0 bridgehead atoms. The molecule has 0 amide bonds. The van der Waals surface area contributed by atoms with Gasteiger partial charge in [-0.25, -0.2) is 0 Å². The van der Waals surface area contributed by atoms with E-state index in [9.17, 15) is 0 Å². The Morgan fingerprint density at radius 1 is 1.13 bits per heavy atom. The lowest BCUT2D eigenvalue weighted by Crippen LogP contribution is -2.24. The number of H-pyrrole nitrogens is 2. The predicted molar refractivity (Wildman–Crippen MR) is 158 cm³/mol. The maximum Gasteiger partial charge on any atom is 0.116 e. The number of rotatable bonds is 8. The molecule has 0 radical (unpaired) electrons. The molecule has 0 saturated carbocycles. The minimum atomic E-state index is 0.841. The topological polar surface area (TPSA) is 73.5 Å². The molecule has 4 aromatic rings. The zero-order valence-corrected chi connectivity index (χ0v) is 22.2. The SMILES string of the molecule is C=C/C(=C\C(=C/C)C(=C)/C=c1/c(-c2cc3c(-c4cccnc4)cncc3[nH]2)n[nH]/c1=C/C)CN1CCCC1. The van der Waals surface area contributed by atoms with Gasteiger partial charge in [0.2, 0.25) is 0 Å². The van der Waals surface area contributed by atoms with E-state index in [0.717, 1.165) is 74.8 Å². The Balaban J connectivity index is 1.54. The molecular formula is C32H34N6. The van der Waals surface area contributed by atoms with Crippen LogP contribution in [0, 0.1) is 0 Å². The van der Waals surface area contributed by atoms with Crippen molar-refractivity contribution < 1.29 is 0 Å². The lowest BCUT2D eigenvalue weighted by atomic mass is 10.0. The lowest BCUT2D eigenvalue weighted by Gasteiger charge is -2.15. The summed E-state index contributed by atoms with van der Waals surface area (Å²) < 4.78 is 0. The molecule has 6 nitrogen and oxygen atoms in total. The third kappa shape index (κ3) is 5.22. The van der Waals surface area contributed by atoms with Crippen LogP contribution < -0.4 is 10.6 Å². The summed E-state index contributed by atoms with van der Waals surface area (Å²) in [4.78, 5) is 14.7. The maximum atomic E-state index is 4.69. The van der Waals surface area contributed by atoms with Crippen LogP contribution in [-0.2, 0) is 0 Å². The number of pyridine rings is 2. The van der Waals surface area contributed by atoms with E-state index in [1.165, 1.54) is 18.4 Å². The Morgan fingerprint density at radius 2 is 1.97 bits per heavy atom. The number of nitrogens with one attached hydrogen (secondary N) is 2. The van der Waals surface area contributed by atoms with Crippen LogP contribution in [-0.4, -0.2) is 49.7 Å². The van der Waals surface area contributed by atoms with Crippen LogP contribution in [0.25, 0.3) is 45.6 Å². The van der Waals surface area contributed by atoms with Crippen molar-refractivity contribution in [2.75, 3.05) is 19.6 Å². The fourth-order valence-corrected chi connectivity index (χ4v) is 5.05. The molecule has 192 valence electrons. The van der Waals surface area contributed by atoms with Crippen molar-refractivity contribution in [2.45, 2.75) is 26.7 Å². The molecule has 5 heterocycles. The van der Waals surface area contributed by atoms with Crippen molar-refractivity contribution in [1.82, 2.24) is 30.0 Å². The molecule has 0 atom stereocenters. The Morgan fingerprint density at radius 3 is 2.68 bits per heavy atom. The molecule has 1 aliphatic rings. The molecular weight excluding hydrogens is 468 g/mol. The molecule has 4 aromatic heterocycles. The van der Waals surface area contributed by atoms with E-state index in [-0.39, 0.29) is 0 Å².